The van der Waals surface area contributed by atoms with Crippen LogP contribution in [0.15, 0.2) is 54.6 Å². The second-order valence-corrected chi connectivity index (χ2v) is 22.1. The van der Waals surface area contributed by atoms with E-state index < -0.39 is 106 Å². The molecule has 1 unspecified atom stereocenters. The summed E-state index contributed by atoms with van der Waals surface area (Å²) in [7, 11) is 1.14. The van der Waals surface area contributed by atoms with Gasteiger partial charge in [-0.3, -0.25) is 19.2 Å². The van der Waals surface area contributed by atoms with Gasteiger partial charge in [-0.05, 0) is 130 Å². The van der Waals surface area contributed by atoms with Gasteiger partial charge in [0.15, 0.2) is 5.54 Å². The lowest BCUT2D eigenvalue weighted by molar-refractivity contribution is -0.148. The standard InChI is InChI=1S/C53H78F3N7O12/c1-33(2)30-39(42(65)58-38(20-16-17-28-57-46(69)73-49(3,4)5)44(67)63-29-27-52(32-63,45(68)72-12)62-48(71)75-51(9,10)11)59-43(66)40(31-35-18-14-13-15-19-35)60-41(64)37(61-47(70)74-50(6,7)8)26-23-34-21-24-36(25-22-34)53(54,55)56/h13-15,18-19,21-22,24-25,33,37-40H,16-17,20,23,26-32H2,1-12H3,(H,57,69)(H,58,65)(H,59,66)(H,60,64)(H,61,70)(H,62,71)/t37-,38-,39-,40-,52?/m1/s1. The molecule has 1 aliphatic rings. The first-order valence-corrected chi connectivity index (χ1v) is 25.1. The molecule has 19 nitrogen and oxygen atoms in total. The van der Waals surface area contributed by atoms with Gasteiger partial charge < -0.3 is 55.7 Å². The molecule has 2 aromatic carbocycles. The van der Waals surface area contributed by atoms with Crippen molar-refractivity contribution in [3.63, 3.8) is 0 Å². The van der Waals surface area contributed by atoms with Crippen molar-refractivity contribution in [2.75, 3.05) is 26.7 Å². The number of unbranched alkanes of at least 4 members (excludes halogenated alkanes) is 1. The third kappa shape index (κ3) is 22.4. The molecule has 1 fully saturated rings. The van der Waals surface area contributed by atoms with Crippen molar-refractivity contribution in [1.82, 2.24) is 36.8 Å². The van der Waals surface area contributed by atoms with Gasteiger partial charge in [0.05, 0.1) is 19.2 Å². The molecule has 1 heterocycles. The van der Waals surface area contributed by atoms with Crippen molar-refractivity contribution in [1.29, 1.82) is 0 Å². The zero-order valence-corrected chi connectivity index (χ0v) is 45.3. The Morgan fingerprint density at radius 2 is 1.16 bits per heavy atom. The van der Waals surface area contributed by atoms with Crippen LogP contribution in [0.4, 0.5) is 27.6 Å². The van der Waals surface area contributed by atoms with Gasteiger partial charge in [0.1, 0.15) is 41.0 Å². The van der Waals surface area contributed by atoms with Crippen LogP contribution in [0.25, 0.3) is 0 Å². The molecule has 6 N–H and O–H groups in total. The molecule has 0 radical (unpaired) electrons. The van der Waals surface area contributed by atoms with Crippen molar-refractivity contribution >= 4 is 47.9 Å². The Labute approximate surface area is 438 Å². The number of ether oxygens (including phenoxy) is 4. The number of aryl methyl sites for hydroxylation is 1. The van der Waals surface area contributed by atoms with Crippen LogP contribution in [0.2, 0.25) is 0 Å². The summed E-state index contributed by atoms with van der Waals surface area (Å²) in [5.74, 6) is -4.00. The second-order valence-electron chi connectivity index (χ2n) is 22.1. The summed E-state index contributed by atoms with van der Waals surface area (Å²) < 4.78 is 61.1. The summed E-state index contributed by atoms with van der Waals surface area (Å²) in [6.45, 7) is 18.4. The molecule has 1 aliphatic heterocycles. The van der Waals surface area contributed by atoms with Gasteiger partial charge in [0, 0.05) is 25.9 Å². The number of benzene rings is 2. The SMILES string of the molecule is COC(=O)C1(NC(=O)OC(C)(C)C)CCN(C(=O)[C@@H](CCCCNC(=O)OC(C)(C)C)NC(=O)[C@@H](CC(C)C)NC(=O)[C@@H](Cc2ccccc2)NC(=O)[C@@H](CCc2ccc(C(F)(F)F)cc2)NC(=O)OC(C)(C)C)C1. The third-order valence-electron chi connectivity index (χ3n) is 11.4. The lowest BCUT2D eigenvalue weighted by Crippen LogP contribution is -2.60. The van der Waals surface area contributed by atoms with E-state index >= 15 is 0 Å². The first-order valence-electron chi connectivity index (χ1n) is 25.1. The molecule has 7 amide bonds. The van der Waals surface area contributed by atoms with Crippen LogP contribution < -0.4 is 31.9 Å². The Hall–Kier alpha value is -6.61. The minimum absolute atomic E-state index is 0.0303. The molecular formula is C53H78F3N7O12. The summed E-state index contributed by atoms with van der Waals surface area (Å²) in [5.41, 5.74) is -4.12. The smallest absolute Gasteiger partial charge is 0.416 e. The molecule has 0 aromatic heterocycles. The topological polar surface area (TPSA) is 249 Å². The predicted octanol–water partition coefficient (Wildman–Crippen LogP) is 6.64. The van der Waals surface area contributed by atoms with Gasteiger partial charge in [-0.2, -0.15) is 13.2 Å². The Kier molecular flexibility index (Phi) is 22.8. The van der Waals surface area contributed by atoms with Crippen molar-refractivity contribution in [2.24, 2.45) is 5.92 Å². The van der Waals surface area contributed by atoms with Gasteiger partial charge in [-0.25, -0.2) is 19.2 Å². The number of carbonyl (C=O) groups excluding carboxylic acids is 8. The number of hydrogen-bond donors (Lipinski definition) is 6. The van der Waals surface area contributed by atoms with Crippen molar-refractivity contribution in [3.8, 4) is 0 Å². The average Bonchev–Trinajstić information content (AvgIpc) is 3.71. The van der Waals surface area contributed by atoms with E-state index in [2.05, 4.69) is 31.9 Å². The summed E-state index contributed by atoms with van der Waals surface area (Å²) in [6.07, 6.45) is -6.53. The highest BCUT2D eigenvalue weighted by Gasteiger charge is 2.50. The Balaban J connectivity index is 1.95. The number of carbonyl (C=O) groups is 8. The average molecular weight is 1060 g/mol. The number of halogens is 3. The Morgan fingerprint density at radius 1 is 0.627 bits per heavy atom. The Morgan fingerprint density at radius 3 is 1.72 bits per heavy atom. The fourth-order valence-electron chi connectivity index (χ4n) is 7.94. The molecule has 75 heavy (non-hydrogen) atoms. The van der Waals surface area contributed by atoms with Crippen LogP contribution in [0, 0.1) is 5.92 Å². The van der Waals surface area contributed by atoms with Gasteiger partial charge in [0.2, 0.25) is 23.6 Å². The number of esters is 1. The summed E-state index contributed by atoms with van der Waals surface area (Å²) in [5, 5.41) is 16.1. The van der Waals surface area contributed by atoms with Crippen LogP contribution in [0.1, 0.15) is 131 Å². The Bertz CT molecular complexity index is 2260. The molecule has 0 spiro atoms. The van der Waals surface area contributed by atoms with Gasteiger partial charge in [-0.1, -0.05) is 56.3 Å². The molecular weight excluding hydrogens is 984 g/mol. The minimum Gasteiger partial charge on any atom is -0.467 e. The van der Waals surface area contributed by atoms with Crippen LogP contribution in [-0.2, 0) is 61.9 Å². The van der Waals surface area contributed by atoms with Crippen molar-refractivity contribution in [2.45, 2.75) is 180 Å². The monoisotopic (exact) mass is 1060 g/mol. The van der Waals surface area contributed by atoms with E-state index in [1.165, 1.54) is 17.0 Å². The number of amides is 7. The van der Waals surface area contributed by atoms with Gasteiger partial charge in [-0.15, -0.1) is 0 Å². The van der Waals surface area contributed by atoms with E-state index in [-0.39, 0.29) is 64.1 Å². The zero-order chi connectivity index (χ0) is 56.5. The lowest BCUT2D eigenvalue weighted by Gasteiger charge is -2.31. The molecule has 418 valence electrons. The lowest BCUT2D eigenvalue weighted by atomic mass is 9.99. The third-order valence-corrected chi connectivity index (χ3v) is 11.4. The largest absolute Gasteiger partial charge is 0.467 e. The molecule has 1 saturated heterocycles. The van der Waals surface area contributed by atoms with Crippen molar-refractivity contribution < 1.29 is 70.5 Å². The van der Waals surface area contributed by atoms with Gasteiger partial charge >= 0.3 is 30.4 Å². The number of alkyl carbamates (subject to hydrolysis) is 3. The fraction of sp³-hybridized carbons (Fsp3) is 0.623. The van der Waals surface area contributed by atoms with E-state index in [4.69, 9.17) is 18.9 Å². The summed E-state index contributed by atoms with van der Waals surface area (Å²) >= 11 is 0. The maximum Gasteiger partial charge on any atom is 0.416 e. The maximum atomic E-state index is 14.5. The highest BCUT2D eigenvalue weighted by molar-refractivity contribution is 5.96. The number of methoxy groups -OCH3 is 1. The van der Waals surface area contributed by atoms with Gasteiger partial charge in [0.25, 0.3) is 0 Å². The highest BCUT2D eigenvalue weighted by atomic mass is 19.4. The van der Waals surface area contributed by atoms with Crippen LogP contribution in [-0.4, -0.2) is 126 Å². The first-order chi connectivity index (χ1) is 34.7. The van der Waals surface area contributed by atoms with E-state index in [0.29, 0.717) is 24.0 Å². The molecule has 0 saturated carbocycles. The van der Waals surface area contributed by atoms with E-state index in [0.717, 1.165) is 19.2 Å². The zero-order valence-electron chi connectivity index (χ0n) is 45.3. The molecule has 22 heteroatoms. The van der Waals surface area contributed by atoms with Crippen LogP contribution in [0.5, 0.6) is 0 Å². The number of likely N-dealkylation sites (tertiary alicyclic amines) is 1. The first kappa shape index (κ1) is 62.7. The van der Waals surface area contributed by atoms with E-state index in [9.17, 15) is 51.5 Å². The number of hydrogen-bond acceptors (Lipinski definition) is 12. The fourth-order valence-corrected chi connectivity index (χ4v) is 7.94. The highest BCUT2D eigenvalue weighted by Crippen LogP contribution is 2.30. The number of rotatable bonds is 22. The molecule has 3 rings (SSSR count). The number of alkyl halides is 3. The quantitative estimate of drug-likeness (QED) is 0.0413. The molecule has 5 atom stereocenters. The molecule has 0 bridgehead atoms. The van der Waals surface area contributed by atoms with Crippen LogP contribution >= 0.6 is 0 Å². The predicted molar refractivity (Wildman–Crippen MR) is 272 cm³/mol. The maximum absolute atomic E-state index is 14.5. The molecule has 2 aromatic rings. The van der Waals surface area contributed by atoms with E-state index in [1.54, 1.807) is 92.6 Å². The number of nitrogens with zero attached hydrogens (tertiary/aromatic N) is 1. The number of nitrogens with one attached hydrogen (secondary N) is 6. The second kappa shape index (κ2) is 27.3. The van der Waals surface area contributed by atoms with Crippen molar-refractivity contribution in [3.05, 3.63) is 71.3 Å². The molecule has 0 aliphatic carbocycles. The summed E-state index contributed by atoms with van der Waals surface area (Å²) in [6, 6.07) is 7.78. The minimum atomic E-state index is -4.57. The van der Waals surface area contributed by atoms with Crippen LogP contribution in [0.3, 0.4) is 0 Å². The van der Waals surface area contributed by atoms with E-state index in [1.807, 2.05) is 13.8 Å². The summed E-state index contributed by atoms with van der Waals surface area (Å²) in [4.78, 5) is 111. The normalized spacial score (nSPS) is 16.6.